The molecule has 6 aliphatic heterocycles. The first kappa shape index (κ1) is 80.5. The number of Topliss-reactive ketones (excluding diaryl/α,β-unsaturated/α-hetero) is 1. The third kappa shape index (κ3) is 16.0. The zero-order valence-corrected chi connectivity index (χ0v) is 62.9. The fourth-order valence-electron chi connectivity index (χ4n) is 17.2. The van der Waals surface area contributed by atoms with Crippen LogP contribution in [0, 0.1) is 29.6 Å². The number of benzene rings is 6. The molecule has 17 rings (SSSR count). The van der Waals surface area contributed by atoms with Crippen LogP contribution in [-0.2, 0) is 44.1 Å². The lowest BCUT2D eigenvalue weighted by Crippen LogP contribution is -2.60. The summed E-state index contributed by atoms with van der Waals surface area (Å²) in [6.45, 7) is 2.80. The number of amides is 7. The summed E-state index contributed by atoms with van der Waals surface area (Å²) in [7, 11) is 1.50. The highest BCUT2D eigenvalue weighted by atomic mass is 35.5. The molecule has 114 heavy (non-hydrogen) atoms. The van der Waals surface area contributed by atoms with Crippen LogP contribution in [0.1, 0.15) is 138 Å². The number of phenolic OH excluding ortho intramolecular Hbond substituents is 1. The molecule has 21 N–H and O–H groups in total. The SMILES string of the molecule is CN[C@H](CC(C)C)C(=O)N[C@H]1C(=O)N[C@@H](CC(=O)c2ccc(OCCN)c(OCCN)c2)C(=O)N[C@H]2C(=O)N[C@H]3C(=O)N[C@H](C(=O)N[C@H](C(=O)NC4C5CC6CC(C5)CC4C6)c4cc(O)cc5c4-c4cc3ccc4C5(O)O)[C@H](O)c3ccc(cc3)Oc3cc2cc(c3O[C@@H]2O[C@H](CO)[C@@H](O)[C@H](O)[C@H]2O)Oc2ccc(cc2Cl)[C@H]1O. The van der Waals surface area contributed by atoms with E-state index in [0.29, 0.717) is 11.8 Å². The van der Waals surface area contributed by atoms with Crippen molar-refractivity contribution in [3.63, 3.8) is 0 Å². The van der Waals surface area contributed by atoms with Gasteiger partial charge < -0.3 is 128 Å². The number of hydrogen-bond acceptors (Lipinski definition) is 26. The topological polar surface area (TPSA) is 522 Å². The molecule has 33 nitrogen and oxygen atoms in total. The molecule has 5 fully saturated rings. The van der Waals surface area contributed by atoms with Gasteiger partial charge in [-0.05, 0) is 187 Å². The molecule has 4 saturated carbocycles. The number of carbonyl (C=O) groups excluding carboxylic acids is 8. The van der Waals surface area contributed by atoms with Crippen LogP contribution in [0.2, 0.25) is 5.02 Å². The van der Waals surface area contributed by atoms with E-state index in [4.69, 9.17) is 51.5 Å². The van der Waals surface area contributed by atoms with Crippen LogP contribution in [0.15, 0.2) is 103 Å². The number of rotatable bonds is 19. The number of aliphatic hydroxyl groups excluding tert-OH is 6. The van der Waals surface area contributed by atoms with Crippen molar-refractivity contribution < 1.29 is 113 Å². The van der Waals surface area contributed by atoms with Crippen molar-refractivity contribution in [3.8, 4) is 57.1 Å². The molecule has 0 aromatic heterocycles. The maximum Gasteiger partial charge on any atom is 0.248 e. The number of halogens is 1. The van der Waals surface area contributed by atoms with Crippen molar-refractivity contribution in [1.29, 1.82) is 0 Å². The smallest absolute Gasteiger partial charge is 0.248 e. The summed E-state index contributed by atoms with van der Waals surface area (Å²) in [4.78, 5) is 125. The number of aliphatic hydroxyl groups is 8. The van der Waals surface area contributed by atoms with E-state index < -0.39 is 180 Å². The maximum absolute atomic E-state index is 16.5. The van der Waals surface area contributed by atoms with Gasteiger partial charge in [0.05, 0.1) is 17.7 Å². The molecule has 7 amide bonds. The number of phenols is 1. The lowest BCUT2D eigenvalue weighted by Gasteiger charge is -2.54. The van der Waals surface area contributed by atoms with Gasteiger partial charge in [-0.2, -0.15) is 0 Å². The summed E-state index contributed by atoms with van der Waals surface area (Å²) in [6.07, 6.45) is -10.1. The van der Waals surface area contributed by atoms with Crippen molar-refractivity contribution in [2.45, 2.75) is 156 Å². The summed E-state index contributed by atoms with van der Waals surface area (Å²) in [6, 6.07) is 7.09. The van der Waals surface area contributed by atoms with Gasteiger partial charge in [0.15, 0.2) is 28.8 Å². The van der Waals surface area contributed by atoms with E-state index in [-0.39, 0.29) is 135 Å². The molecule has 606 valence electrons. The van der Waals surface area contributed by atoms with Gasteiger partial charge in [0.1, 0.15) is 103 Å². The third-order valence-corrected chi connectivity index (χ3v) is 23.0. The minimum atomic E-state index is -2.96. The number of ketones is 1. The Hall–Kier alpha value is -10.1. The second-order valence-electron chi connectivity index (χ2n) is 30.8. The largest absolute Gasteiger partial charge is 0.508 e. The lowest BCUT2D eigenvalue weighted by molar-refractivity contribution is -0.277. The maximum atomic E-state index is 16.5. The van der Waals surface area contributed by atoms with Gasteiger partial charge in [-0.15, -0.1) is 0 Å². The van der Waals surface area contributed by atoms with Gasteiger partial charge in [0, 0.05) is 42.2 Å². The summed E-state index contributed by atoms with van der Waals surface area (Å²) < 4.78 is 37.2. The van der Waals surface area contributed by atoms with Crippen molar-refractivity contribution >= 4 is 58.7 Å². The molecule has 1 saturated heterocycles. The van der Waals surface area contributed by atoms with Gasteiger partial charge in [-0.1, -0.05) is 55.8 Å². The number of fused-ring (bicyclic) bond motifs is 12. The molecule has 6 heterocycles. The van der Waals surface area contributed by atoms with E-state index in [9.17, 15) is 50.8 Å². The highest BCUT2D eigenvalue weighted by molar-refractivity contribution is 6.32. The van der Waals surface area contributed by atoms with Crippen LogP contribution in [0.25, 0.3) is 11.1 Å². The van der Waals surface area contributed by atoms with Crippen LogP contribution >= 0.6 is 11.6 Å². The molecule has 0 unspecified atom stereocenters. The number of aromatic hydroxyl groups is 1. The average molecular weight is 1600 g/mol. The minimum absolute atomic E-state index is 0.0160. The van der Waals surface area contributed by atoms with Gasteiger partial charge in [0.25, 0.3) is 0 Å². The molecule has 11 aliphatic rings. The lowest BCUT2D eigenvalue weighted by atomic mass is 9.54. The van der Waals surface area contributed by atoms with E-state index in [0.717, 1.165) is 50.3 Å². The van der Waals surface area contributed by atoms with Crippen LogP contribution in [0.4, 0.5) is 0 Å². The fourth-order valence-corrected chi connectivity index (χ4v) is 17.4. The van der Waals surface area contributed by atoms with Gasteiger partial charge in [0.2, 0.25) is 59.2 Å². The number of likely N-dealkylation sites (N-methyl/N-ethyl adjacent to an activating group) is 1. The van der Waals surface area contributed by atoms with Crippen molar-refractivity contribution in [2.75, 3.05) is 40.0 Å². The summed E-state index contributed by atoms with van der Waals surface area (Å²) in [5, 5.41) is 127. The molecule has 34 heteroatoms. The van der Waals surface area contributed by atoms with E-state index in [1.54, 1.807) is 0 Å². The van der Waals surface area contributed by atoms with Crippen LogP contribution in [0.3, 0.4) is 0 Å². The Kier molecular flexibility index (Phi) is 23.3. The summed E-state index contributed by atoms with van der Waals surface area (Å²) >= 11 is 7.12. The highest BCUT2D eigenvalue weighted by Gasteiger charge is 2.52. The minimum Gasteiger partial charge on any atom is -0.508 e. The standard InChI is InChI=1S/C80H91ClN10O23/c1-33(2)18-50(84-3)72(100)90-65-67(96)39-8-12-53(49(81)25-39)112-57-28-42-27-56(71(57)114-79-70(99)69(98)68(97)58(32-92)113-79)111-44-9-4-36(5-10-44)66(95)64-78(106)89-63(76(104)86-60-40-20-34-19-35(22-40)23-41(60)21-34)46-29-43(93)30-48-59(46)45-24-38(6-11-47(45)80(48,107)108)61(74(102)91-64)88-75(103)62(42)87-73(101)51(85-77(65)105)31-52(94)37-7-13-54(109-16-14-82)55(26-37)110-17-15-83/h4-13,24-30,33-35,40-41,50-51,58,60-70,79,84,92-93,95-99,107-108H,14-23,31-32,82-83H2,1-3H3,(H,85,105)(H,86,104)(H,87,101)(H,88,103)(H,89,106)(H,90,100)(H,91,102)/t34?,35?,40?,41?,50-,51+,58-,60?,61-,62-,63+,64+,65-,66-,67-,68-,69+,70-,79+/m1/s1. The molecule has 5 aliphatic carbocycles. The zero-order chi connectivity index (χ0) is 81.0. The molecular formula is C80H91ClN10O23. The van der Waals surface area contributed by atoms with E-state index in [1.165, 1.54) is 92.0 Å². The normalized spacial score (nSPS) is 28.8. The second-order valence-corrected chi connectivity index (χ2v) is 31.2. The molecular weight excluding hydrogens is 1500 g/mol. The Labute approximate surface area is 657 Å². The third-order valence-electron chi connectivity index (χ3n) is 22.7. The molecule has 14 atom stereocenters. The van der Waals surface area contributed by atoms with Crippen molar-refractivity contribution in [2.24, 2.45) is 41.1 Å². The predicted molar refractivity (Wildman–Crippen MR) is 402 cm³/mol. The first-order valence-corrected chi connectivity index (χ1v) is 38.3. The number of nitrogens with one attached hydrogen (secondary N) is 8. The highest BCUT2D eigenvalue weighted by Crippen LogP contribution is 2.56. The summed E-state index contributed by atoms with van der Waals surface area (Å²) in [5.74, 6) is -13.4. The second kappa shape index (κ2) is 33.0. The summed E-state index contributed by atoms with van der Waals surface area (Å²) in [5.41, 5.74) is 9.71. The van der Waals surface area contributed by atoms with Crippen LogP contribution in [0.5, 0.6) is 46.0 Å². The van der Waals surface area contributed by atoms with Gasteiger partial charge in [-0.25, -0.2) is 0 Å². The Bertz CT molecular complexity index is 4710. The Morgan fingerprint density at radius 3 is 1.96 bits per heavy atom. The number of nitrogens with two attached hydrogens (primary N) is 2. The van der Waals surface area contributed by atoms with E-state index in [2.05, 4.69) is 42.5 Å². The fraction of sp³-hybridized carbons (Fsp3) is 0.450. The number of ether oxygens (including phenoxy) is 6. The quantitative estimate of drug-likeness (QED) is 0.0400. The van der Waals surface area contributed by atoms with Crippen LogP contribution in [-0.4, -0.2) is 194 Å². The molecule has 0 radical (unpaired) electrons. The van der Waals surface area contributed by atoms with Crippen LogP contribution < -0.4 is 77.7 Å². The average Bonchev–Trinajstić information content (AvgIpc) is 1.57. The van der Waals surface area contributed by atoms with E-state index >= 15 is 33.6 Å². The number of hydrogen-bond donors (Lipinski definition) is 19. The monoisotopic (exact) mass is 1590 g/mol. The van der Waals surface area contributed by atoms with Crippen molar-refractivity contribution in [1.82, 2.24) is 42.5 Å². The van der Waals surface area contributed by atoms with Gasteiger partial charge >= 0.3 is 0 Å². The predicted octanol–water partition coefficient (Wildman–Crippen LogP) is 1.23. The Balaban J connectivity index is 0.961. The zero-order valence-electron chi connectivity index (χ0n) is 62.1. The first-order chi connectivity index (χ1) is 54.5. The van der Waals surface area contributed by atoms with E-state index in [1.807, 2.05) is 13.8 Å². The molecule has 6 aromatic carbocycles. The molecule has 0 spiro atoms. The first-order valence-electron chi connectivity index (χ1n) is 37.9. The van der Waals surface area contributed by atoms with Gasteiger partial charge in [-0.3, -0.25) is 38.4 Å². The Morgan fingerprint density at radius 2 is 1.29 bits per heavy atom. The number of carbonyl (C=O) groups is 8. The Morgan fingerprint density at radius 1 is 0.640 bits per heavy atom. The molecule has 6 aromatic rings. The van der Waals surface area contributed by atoms with Crippen molar-refractivity contribution in [3.05, 3.63) is 153 Å². The molecule has 15 bridgehead atoms.